The van der Waals surface area contributed by atoms with Gasteiger partial charge in [0.1, 0.15) is 0 Å². The second-order valence-electron chi connectivity index (χ2n) is 6.02. The zero-order valence-electron chi connectivity index (χ0n) is 11.5. The van der Waals surface area contributed by atoms with Crippen LogP contribution < -0.4 is 11.1 Å². The monoisotopic (exact) mass is 228 g/mol. The molecule has 0 fully saturated rings. The number of hydrogen-bond donors (Lipinski definition) is 2. The summed E-state index contributed by atoms with van der Waals surface area (Å²) in [6.45, 7) is 11.1. The minimum Gasteiger partial charge on any atom is -0.355 e. The molecule has 1 unspecified atom stereocenters. The average Bonchev–Trinajstić information content (AvgIpc) is 2.13. The van der Waals surface area contributed by atoms with E-state index in [0.29, 0.717) is 0 Å². The van der Waals surface area contributed by atoms with Crippen molar-refractivity contribution in [3.05, 3.63) is 0 Å². The van der Waals surface area contributed by atoms with Crippen LogP contribution in [0.4, 0.5) is 0 Å². The third-order valence-electron chi connectivity index (χ3n) is 2.72. The molecular formula is C13H28N2O. The minimum absolute atomic E-state index is 0.0305. The van der Waals surface area contributed by atoms with Crippen molar-refractivity contribution in [2.24, 2.45) is 17.1 Å². The van der Waals surface area contributed by atoms with Gasteiger partial charge in [-0.2, -0.15) is 0 Å². The fourth-order valence-electron chi connectivity index (χ4n) is 1.39. The topological polar surface area (TPSA) is 55.1 Å². The standard InChI is InChI=1S/C13H28N2O/c1-10(2)8-6-7-9-15-12(16)11(14)13(3,4)5/h10-11H,6-9,14H2,1-5H3,(H,15,16). The first-order valence-electron chi connectivity index (χ1n) is 6.28. The third kappa shape index (κ3) is 6.83. The second kappa shape index (κ2) is 6.89. The fraction of sp³-hybridized carbons (Fsp3) is 0.923. The zero-order valence-corrected chi connectivity index (χ0v) is 11.5. The SMILES string of the molecule is CC(C)CCCCNC(=O)C(N)C(C)(C)C. The molecule has 0 aromatic carbocycles. The summed E-state index contributed by atoms with van der Waals surface area (Å²) in [4.78, 5) is 11.7. The van der Waals surface area contributed by atoms with Crippen molar-refractivity contribution in [3.63, 3.8) is 0 Å². The molecule has 0 aromatic heterocycles. The van der Waals surface area contributed by atoms with E-state index in [1.165, 1.54) is 12.8 Å². The molecule has 96 valence electrons. The van der Waals surface area contributed by atoms with Gasteiger partial charge in [0.15, 0.2) is 0 Å². The molecule has 16 heavy (non-hydrogen) atoms. The summed E-state index contributed by atoms with van der Waals surface area (Å²) in [5, 5.41) is 2.90. The van der Waals surface area contributed by atoms with Crippen molar-refractivity contribution in [3.8, 4) is 0 Å². The number of amides is 1. The number of carbonyl (C=O) groups excluding carboxylic acids is 1. The molecule has 0 aromatic rings. The van der Waals surface area contributed by atoms with Crippen molar-refractivity contribution in [2.75, 3.05) is 6.54 Å². The first-order valence-corrected chi connectivity index (χ1v) is 6.28. The Morgan fingerprint density at radius 3 is 2.25 bits per heavy atom. The van der Waals surface area contributed by atoms with E-state index in [0.717, 1.165) is 18.9 Å². The lowest BCUT2D eigenvalue weighted by Gasteiger charge is -2.25. The summed E-state index contributed by atoms with van der Waals surface area (Å²) in [7, 11) is 0. The van der Waals surface area contributed by atoms with Gasteiger partial charge in [0.25, 0.3) is 0 Å². The molecular weight excluding hydrogens is 200 g/mol. The maximum atomic E-state index is 11.7. The largest absolute Gasteiger partial charge is 0.355 e. The van der Waals surface area contributed by atoms with E-state index in [4.69, 9.17) is 5.73 Å². The Hall–Kier alpha value is -0.570. The molecule has 0 aliphatic carbocycles. The Morgan fingerprint density at radius 2 is 1.81 bits per heavy atom. The predicted octanol–water partition coefficient (Wildman–Crippen LogP) is 2.30. The van der Waals surface area contributed by atoms with E-state index in [1.807, 2.05) is 20.8 Å². The van der Waals surface area contributed by atoms with E-state index in [1.54, 1.807) is 0 Å². The van der Waals surface area contributed by atoms with Crippen LogP contribution in [0.2, 0.25) is 0 Å². The van der Waals surface area contributed by atoms with Gasteiger partial charge < -0.3 is 11.1 Å². The van der Waals surface area contributed by atoms with Gasteiger partial charge in [-0.15, -0.1) is 0 Å². The van der Waals surface area contributed by atoms with Crippen LogP contribution in [0, 0.1) is 11.3 Å². The molecule has 3 nitrogen and oxygen atoms in total. The Balaban J connectivity index is 3.66. The van der Waals surface area contributed by atoms with Gasteiger partial charge in [0, 0.05) is 6.54 Å². The second-order valence-corrected chi connectivity index (χ2v) is 6.02. The molecule has 0 rings (SSSR count). The number of rotatable bonds is 6. The van der Waals surface area contributed by atoms with Crippen LogP contribution in [0.1, 0.15) is 53.9 Å². The highest BCUT2D eigenvalue weighted by Crippen LogP contribution is 2.17. The lowest BCUT2D eigenvalue weighted by atomic mass is 9.87. The quantitative estimate of drug-likeness (QED) is 0.685. The molecule has 0 bridgehead atoms. The summed E-state index contributed by atoms with van der Waals surface area (Å²) in [6, 6.07) is -0.419. The first kappa shape index (κ1) is 15.4. The molecule has 3 heteroatoms. The normalized spacial score (nSPS) is 13.9. The number of nitrogens with one attached hydrogen (secondary N) is 1. The van der Waals surface area contributed by atoms with Crippen LogP contribution in [0.15, 0.2) is 0 Å². The molecule has 0 radical (unpaired) electrons. The average molecular weight is 228 g/mol. The number of unbranched alkanes of at least 4 members (excludes halogenated alkanes) is 1. The van der Waals surface area contributed by atoms with Crippen LogP contribution in [0.3, 0.4) is 0 Å². The number of hydrogen-bond acceptors (Lipinski definition) is 2. The Kier molecular flexibility index (Phi) is 6.65. The maximum Gasteiger partial charge on any atom is 0.237 e. The van der Waals surface area contributed by atoms with Crippen molar-refractivity contribution >= 4 is 5.91 Å². The van der Waals surface area contributed by atoms with Crippen LogP contribution in [0.25, 0.3) is 0 Å². The van der Waals surface area contributed by atoms with Crippen LogP contribution in [-0.2, 0) is 4.79 Å². The fourth-order valence-corrected chi connectivity index (χ4v) is 1.39. The molecule has 0 saturated carbocycles. The van der Waals surface area contributed by atoms with Gasteiger partial charge in [-0.1, -0.05) is 47.5 Å². The lowest BCUT2D eigenvalue weighted by molar-refractivity contribution is -0.124. The highest BCUT2D eigenvalue weighted by atomic mass is 16.2. The minimum atomic E-state index is -0.419. The molecule has 0 spiro atoms. The summed E-state index contributed by atoms with van der Waals surface area (Å²) < 4.78 is 0. The van der Waals surface area contributed by atoms with Crippen molar-refractivity contribution in [1.82, 2.24) is 5.32 Å². The molecule has 3 N–H and O–H groups in total. The van der Waals surface area contributed by atoms with E-state index in [9.17, 15) is 4.79 Å². The summed E-state index contributed by atoms with van der Waals surface area (Å²) in [5.74, 6) is 0.713. The molecule has 0 aliphatic rings. The first-order chi connectivity index (χ1) is 7.25. The molecule has 0 aliphatic heterocycles. The molecule has 0 heterocycles. The van der Waals surface area contributed by atoms with E-state index in [-0.39, 0.29) is 11.3 Å². The van der Waals surface area contributed by atoms with Gasteiger partial charge >= 0.3 is 0 Å². The van der Waals surface area contributed by atoms with E-state index >= 15 is 0 Å². The summed E-state index contributed by atoms with van der Waals surface area (Å²) in [6.07, 6.45) is 3.44. The smallest absolute Gasteiger partial charge is 0.237 e. The van der Waals surface area contributed by atoms with Crippen molar-refractivity contribution in [1.29, 1.82) is 0 Å². The van der Waals surface area contributed by atoms with Crippen LogP contribution >= 0.6 is 0 Å². The maximum absolute atomic E-state index is 11.7. The Bertz CT molecular complexity index is 206. The molecule has 1 amide bonds. The van der Waals surface area contributed by atoms with Crippen molar-refractivity contribution in [2.45, 2.75) is 59.9 Å². The van der Waals surface area contributed by atoms with Crippen molar-refractivity contribution < 1.29 is 4.79 Å². The zero-order chi connectivity index (χ0) is 12.8. The van der Waals surface area contributed by atoms with Gasteiger partial charge in [-0.25, -0.2) is 0 Å². The molecule has 0 saturated heterocycles. The van der Waals surface area contributed by atoms with Crippen LogP contribution in [-0.4, -0.2) is 18.5 Å². The molecule has 1 atom stereocenters. The van der Waals surface area contributed by atoms with Gasteiger partial charge in [-0.3, -0.25) is 4.79 Å². The summed E-state index contributed by atoms with van der Waals surface area (Å²) >= 11 is 0. The lowest BCUT2D eigenvalue weighted by Crippen LogP contribution is -2.48. The van der Waals surface area contributed by atoms with E-state index in [2.05, 4.69) is 19.2 Å². The third-order valence-corrected chi connectivity index (χ3v) is 2.72. The highest BCUT2D eigenvalue weighted by molar-refractivity contribution is 5.82. The predicted molar refractivity (Wildman–Crippen MR) is 69.1 cm³/mol. The van der Waals surface area contributed by atoms with Gasteiger partial charge in [0.2, 0.25) is 5.91 Å². The van der Waals surface area contributed by atoms with E-state index < -0.39 is 6.04 Å². The summed E-state index contributed by atoms with van der Waals surface area (Å²) in [5.41, 5.74) is 5.68. The van der Waals surface area contributed by atoms with Gasteiger partial charge in [0.05, 0.1) is 6.04 Å². The highest BCUT2D eigenvalue weighted by Gasteiger charge is 2.26. The Labute approximate surface area is 100 Å². The Morgan fingerprint density at radius 1 is 1.25 bits per heavy atom. The number of nitrogens with two attached hydrogens (primary N) is 1. The number of carbonyl (C=O) groups is 1. The van der Waals surface area contributed by atoms with Crippen LogP contribution in [0.5, 0.6) is 0 Å². The van der Waals surface area contributed by atoms with Gasteiger partial charge in [-0.05, 0) is 17.8 Å².